The fourth-order valence-corrected chi connectivity index (χ4v) is 7.72. The van der Waals surface area contributed by atoms with Crippen LogP contribution in [0.5, 0.6) is 0 Å². The van der Waals surface area contributed by atoms with Gasteiger partial charge in [0.05, 0.1) is 5.39 Å². The predicted octanol–water partition coefficient (Wildman–Crippen LogP) is 14.8. The van der Waals surface area contributed by atoms with E-state index >= 15 is 0 Å². The molecule has 0 spiro atoms. The lowest BCUT2D eigenvalue weighted by molar-refractivity contribution is 0.631. The third-order valence-corrected chi connectivity index (χ3v) is 10.5. The van der Waals surface area contributed by atoms with E-state index in [1.807, 2.05) is 18.2 Å². The minimum atomic E-state index is 0.809. The fraction of sp³-hybridized carbons (Fsp3) is 0.0196. The van der Waals surface area contributed by atoms with Crippen molar-refractivity contribution in [3.05, 3.63) is 200 Å². The molecule has 256 valence electrons. The minimum Gasteiger partial charge on any atom is -0.456 e. The van der Waals surface area contributed by atoms with E-state index in [4.69, 9.17) is 8.83 Å². The molecule has 2 aromatic heterocycles. The van der Waals surface area contributed by atoms with Crippen LogP contribution in [0, 0.1) is 6.92 Å². The van der Waals surface area contributed by atoms with Gasteiger partial charge in [0.25, 0.3) is 0 Å². The minimum absolute atomic E-state index is 0.809. The van der Waals surface area contributed by atoms with Gasteiger partial charge in [-0.2, -0.15) is 0 Å². The van der Waals surface area contributed by atoms with E-state index < -0.39 is 0 Å². The summed E-state index contributed by atoms with van der Waals surface area (Å²) in [5.41, 5.74) is 14.9. The van der Waals surface area contributed by atoms with Crippen molar-refractivity contribution in [2.45, 2.75) is 6.92 Å². The van der Waals surface area contributed by atoms with Crippen molar-refractivity contribution in [3.8, 4) is 44.7 Å². The summed E-state index contributed by atoms with van der Waals surface area (Å²) in [4.78, 5) is 2.31. The molecule has 0 bridgehead atoms. The Hall–Kier alpha value is -7.10. The maximum atomic E-state index is 6.64. The average Bonchev–Trinajstić information content (AvgIpc) is 3.79. The second-order valence-corrected chi connectivity index (χ2v) is 13.8. The van der Waals surface area contributed by atoms with Crippen molar-refractivity contribution < 1.29 is 8.83 Å². The third kappa shape index (κ3) is 5.55. The monoisotopic (exact) mass is 693 g/mol. The third-order valence-electron chi connectivity index (χ3n) is 10.5. The number of hydrogen-bond donors (Lipinski definition) is 0. The van der Waals surface area contributed by atoms with E-state index in [9.17, 15) is 0 Å². The van der Waals surface area contributed by atoms with Gasteiger partial charge in [-0.05, 0) is 88.8 Å². The Labute approximate surface area is 314 Å². The fourth-order valence-electron chi connectivity index (χ4n) is 7.72. The predicted molar refractivity (Wildman–Crippen MR) is 225 cm³/mol. The second kappa shape index (κ2) is 13.1. The molecule has 0 aliphatic heterocycles. The van der Waals surface area contributed by atoms with E-state index in [1.165, 1.54) is 22.3 Å². The van der Waals surface area contributed by atoms with Gasteiger partial charge in [0.1, 0.15) is 22.5 Å². The van der Waals surface area contributed by atoms with Gasteiger partial charge in [-0.3, -0.25) is 0 Å². The number of nitrogens with zero attached hydrogens (tertiary/aromatic N) is 1. The van der Waals surface area contributed by atoms with Gasteiger partial charge < -0.3 is 13.7 Å². The number of fused-ring (bicyclic) bond motifs is 5. The van der Waals surface area contributed by atoms with E-state index in [1.54, 1.807) is 0 Å². The number of aryl methyl sites for hydroxylation is 1. The van der Waals surface area contributed by atoms with Gasteiger partial charge in [-0.1, -0.05) is 140 Å². The van der Waals surface area contributed by atoms with E-state index in [2.05, 4.69) is 188 Å². The van der Waals surface area contributed by atoms with Crippen LogP contribution in [-0.2, 0) is 0 Å². The van der Waals surface area contributed by atoms with E-state index in [0.717, 1.165) is 78.0 Å². The summed E-state index contributed by atoms with van der Waals surface area (Å²) in [7, 11) is 0. The highest BCUT2D eigenvalue weighted by Gasteiger charge is 2.21. The molecule has 0 atom stereocenters. The van der Waals surface area contributed by atoms with Crippen molar-refractivity contribution in [2.75, 3.05) is 4.90 Å². The molecule has 54 heavy (non-hydrogen) atoms. The number of rotatable bonds is 7. The Kier molecular flexibility index (Phi) is 7.70. The molecule has 0 aliphatic rings. The zero-order valence-electron chi connectivity index (χ0n) is 29.7. The van der Waals surface area contributed by atoms with E-state index in [-0.39, 0.29) is 0 Å². The van der Waals surface area contributed by atoms with Gasteiger partial charge in [0, 0.05) is 45.0 Å². The van der Waals surface area contributed by atoms with Crippen molar-refractivity contribution in [2.24, 2.45) is 0 Å². The molecule has 0 radical (unpaired) electrons. The summed E-state index contributed by atoms with van der Waals surface area (Å²) in [5.74, 6) is 0.893. The van der Waals surface area contributed by atoms with Crippen molar-refractivity contribution in [1.29, 1.82) is 0 Å². The average molecular weight is 694 g/mol. The Bertz CT molecular complexity index is 2910. The molecule has 0 N–H and O–H groups in total. The quantitative estimate of drug-likeness (QED) is 0.166. The van der Waals surface area contributed by atoms with Crippen LogP contribution >= 0.6 is 0 Å². The summed E-state index contributed by atoms with van der Waals surface area (Å²) in [6, 6.07) is 68.4. The van der Waals surface area contributed by atoms with Crippen LogP contribution in [0.25, 0.3) is 77.6 Å². The Balaban J connectivity index is 1.08. The first-order chi connectivity index (χ1) is 26.7. The summed E-state index contributed by atoms with van der Waals surface area (Å²) in [5, 5.41) is 3.13. The van der Waals surface area contributed by atoms with Crippen molar-refractivity contribution in [1.82, 2.24) is 0 Å². The zero-order valence-corrected chi connectivity index (χ0v) is 29.7. The van der Waals surface area contributed by atoms with Gasteiger partial charge in [0.15, 0.2) is 0 Å². The molecule has 10 rings (SSSR count). The van der Waals surface area contributed by atoms with Crippen LogP contribution in [0.2, 0.25) is 0 Å². The highest BCUT2D eigenvalue weighted by Crippen LogP contribution is 2.44. The Morgan fingerprint density at radius 2 is 0.852 bits per heavy atom. The number of furan rings is 2. The summed E-state index contributed by atoms with van der Waals surface area (Å²) in [6.45, 7) is 2.13. The molecule has 0 saturated heterocycles. The normalized spacial score (nSPS) is 11.4. The van der Waals surface area contributed by atoms with Gasteiger partial charge in [0.2, 0.25) is 0 Å². The van der Waals surface area contributed by atoms with Gasteiger partial charge in [-0.15, -0.1) is 0 Å². The molecule has 8 aromatic carbocycles. The number of benzene rings is 8. The lowest BCUT2D eigenvalue weighted by Gasteiger charge is -2.26. The molecule has 0 unspecified atom stereocenters. The van der Waals surface area contributed by atoms with Crippen LogP contribution < -0.4 is 4.90 Å². The molecule has 2 heterocycles. The first-order valence-corrected chi connectivity index (χ1v) is 18.3. The van der Waals surface area contributed by atoms with Crippen molar-refractivity contribution in [3.63, 3.8) is 0 Å². The summed E-state index contributed by atoms with van der Waals surface area (Å²) < 4.78 is 13.2. The van der Waals surface area contributed by atoms with Crippen LogP contribution in [0.3, 0.4) is 0 Å². The molecule has 0 aliphatic carbocycles. The molecule has 10 aromatic rings. The van der Waals surface area contributed by atoms with Crippen LogP contribution in [0.4, 0.5) is 17.1 Å². The van der Waals surface area contributed by atoms with Crippen LogP contribution in [0.1, 0.15) is 5.56 Å². The lowest BCUT2D eigenvalue weighted by atomic mass is 10.00. The maximum absolute atomic E-state index is 6.64. The zero-order chi connectivity index (χ0) is 36.0. The molecule has 0 amide bonds. The smallest absolute Gasteiger partial charge is 0.146 e. The van der Waals surface area contributed by atoms with Crippen LogP contribution in [0.15, 0.2) is 203 Å². The standard InChI is InChI=1S/C51H35NO2/c1-34-45-30-31-47-49(51(45)54-50(34)40-16-9-4-10-17-40)46-29-28-44(33-48(46)53-47)52(43-19-11-18-41(32-43)36-14-7-3-8-15-36)42-26-24-39(25-27-42)38-22-20-37(21-23-38)35-12-5-2-6-13-35/h2-33H,1H3. The Morgan fingerprint density at radius 1 is 0.352 bits per heavy atom. The molecular weight excluding hydrogens is 659 g/mol. The first-order valence-electron chi connectivity index (χ1n) is 18.3. The van der Waals surface area contributed by atoms with Crippen LogP contribution in [-0.4, -0.2) is 0 Å². The number of hydrogen-bond acceptors (Lipinski definition) is 3. The summed E-state index contributed by atoms with van der Waals surface area (Å²) in [6.07, 6.45) is 0. The first kappa shape index (κ1) is 31.6. The molecule has 0 fully saturated rings. The number of anilines is 3. The topological polar surface area (TPSA) is 29.5 Å². The maximum Gasteiger partial charge on any atom is 0.146 e. The molecular formula is C51H35NO2. The van der Waals surface area contributed by atoms with Gasteiger partial charge >= 0.3 is 0 Å². The van der Waals surface area contributed by atoms with Crippen molar-refractivity contribution >= 4 is 50.0 Å². The lowest BCUT2D eigenvalue weighted by Crippen LogP contribution is -2.10. The largest absolute Gasteiger partial charge is 0.456 e. The van der Waals surface area contributed by atoms with Gasteiger partial charge in [-0.25, -0.2) is 0 Å². The second-order valence-electron chi connectivity index (χ2n) is 13.8. The molecule has 3 nitrogen and oxygen atoms in total. The highest BCUT2D eigenvalue weighted by atomic mass is 16.3. The molecule has 0 saturated carbocycles. The molecule has 3 heteroatoms. The highest BCUT2D eigenvalue weighted by molar-refractivity contribution is 6.18. The summed E-state index contributed by atoms with van der Waals surface area (Å²) >= 11 is 0. The SMILES string of the molecule is Cc1c(-c2ccccc2)oc2c1ccc1oc3cc(N(c4ccc(-c5ccc(-c6ccccc6)cc5)cc4)c4cccc(-c5ccccc5)c4)ccc3c12. The van der Waals surface area contributed by atoms with E-state index in [0.29, 0.717) is 0 Å². The Morgan fingerprint density at radius 3 is 1.50 bits per heavy atom.